The van der Waals surface area contributed by atoms with Crippen LogP contribution in [-0.2, 0) is 14.3 Å². The number of aliphatic hydroxyl groups excluding tert-OH is 2. The molecule has 0 aliphatic rings. The quantitative estimate of drug-likeness (QED) is 0.0320. The summed E-state index contributed by atoms with van der Waals surface area (Å²) >= 11 is 0. The second-order valence-electron chi connectivity index (χ2n) is 28.8. The summed E-state index contributed by atoms with van der Waals surface area (Å²) in [7, 11) is 0. The van der Waals surface area contributed by atoms with Crippen LogP contribution in [0, 0.1) is 0 Å². The Labute approximate surface area is 564 Å². The van der Waals surface area contributed by atoms with E-state index >= 15 is 0 Å². The topological polar surface area (TPSA) is 95.9 Å². The molecule has 90 heavy (non-hydrogen) atoms. The molecule has 0 aliphatic carbocycles. The Hall–Kier alpha value is -1.66. The molecule has 6 nitrogen and oxygen atoms in total. The van der Waals surface area contributed by atoms with Crippen molar-refractivity contribution in [1.82, 2.24) is 5.32 Å². The van der Waals surface area contributed by atoms with E-state index in [0.717, 1.165) is 38.5 Å². The van der Waals surface area contributed by atoms with Crippen molar-refractivity contribution in [2.45, 2.75) is 488 Å². The minimum atomic E-state index is -0.662. The van der Waals surface area contributed by atoms with Crippen LogP contribution >= 0.6 is 0 Å². The van der Waals surface area contributed by atoms with Gasteiger partial charge in [-0.1, -0.05) is 411 Å². The maximum atomic E-state index is 12.6. The van der Waals surface area contributed by atoms with E-state index < -0.39 is 12.1 Å². The number of aliphatic hydroxyl groups is 2. The number of hydrogen-bond donors (Lipinski definition) is 3. The monoisotopic (exact) mass is 1270 g/mol. The average Bonchev–Trinajstić information content (AvgIpc) is 3.69. The van der Waals surface area contributed by atoms with Crippen LogP contribution in [0.15, 0.2) is 24.3 Å². The highest BCUT2D eigenvalue weighted by atomic mass is 16.5. The van der Waals surface area contributed by atoms with Crippen molar-refractivity contribution in [3.63, 3.8) is 0 Å². The van der Waals surface area contributed by atoms with Crippen molar-refractivity contribution >= 4 is 11.9 Å². The first-order valence-corrected chi connectivity index (χ1v) is 41.6. The summed E-state index contributed by atoms with van der Waals surface area (Å²) in [6.07, 6.45) is 103. The Kier molecular flexibility index (Phi) is 78.3. The summed E-state index contributed by atoms with van der Waals surface area (Å²) in [4.78, 5) is 24.7. The fraction of sp³-hybridized carbons (Fsp3) is 0.929. The van der Waals surface area contributed by atoms with Gasteiger partial charge in [0.05, 0.1) is 25.4 Å². The van der Waals surface area contributed by atoms with E-state index in [0.29, 0.717) is 25.9 Å². The zero-order valence-electron chi connectivity index (χ0n) is 61.4. The van der Waals surface area contributed by atoms with Gasteiger partial charge in [-0.05, 0) is 77.0 Å². The number of unbranched alkanes of at least 4 members (excludes halogenated alkanes) is 64. The summed E-state index contributed by atoms with van der Waals surface area (Å²) in [5.74, 6) is -0.00654. The molecule has 2 unspecified atom stereocenters. The predicted molar refractivity (Wildman–Crippen MR) is 398 cm³/mol. The predicted octanol–water partition coefficient (Wildman–Crippen LogP) is 27.6. The lowest BCUT2D eigenvalue weighted by molar-refractivity contribution is -0.143. The van der Waals surface area contributed by atoms with Crippen LogP contribution in [-0.4, -0.2) is 47.4 Å². The van der Waals surface area contributed by atoms with Crippen molar-refractivity contribution in [1.29, 1.82) is 0 Å². The van der Waals surface area contributed by atoms with Gasteiger partial charge in [0, 0.05) is 12.8 Å². The molecule has 0 bridgehead atoms. The highest BCUT2D eigenvalue weighted by Crippen LogP contribution is 2.20. The summed E-state index contributed by atoms with van der Waals surface area (Å²) in [5, 5.41) is 23.4. The van der Waals surface area contributed by atoms with Gasteiger partial charge in [0.2, 0.25) is 5.91 Å². The van der Waals surface area contributed by atoms with Gasteiger partial charge in [-0.15, -0.1) is 0 Å². The van der Waals surface area contributed by atoms with Crippen LogP contribution in [0.25, 0.3) is 0 Å². The smallest absolute Gasteiger partial charge is 0.305 e. The first kappa shape index (κ1) is 88.3. The Bertz CT molecular complexity index is 1410. The standard InChI is InChI=1S/C84H163NO5/c1-3-5-7-9-11-13-15-17-19-21-44-48-52-56-60-64-68-72-76-82(87)81(80-86)85-83(88)77-73-69-65-61-57-53-49-45-42-40-38-36-34-32-30-28-26-24-23-25-27-29-31-33-35-37-39-41-43-47-51-55-59-63-67-71-75-79-90-84(89)78-74-70-66-62-58-54-50-46-22-20-18-16-14-12-10-8-6-4-2/h20,22-23,25,81-82,86-87H,3-19,21,24,26-80H2,1-2H3,(H,85,88)/b22-20-,25-23-. The number of carbonyl (C=O) groups excluding carboxylic acids is 2. The molecule has 3 N–H and O–H groups in total. The molecule has 0 heterocycles. The zero-order chi connectivity index (χ0) is 64.9. The highest BCUT2D eigenvalue weighted by molar-refractivity contribution is 5.76. The number of rotatable bonds is 79. The molecule has 0 aromatic carbocycles. The number of ether oxygens (including phenoxy) is 1. The number of hydrogen-bond acceptors (Lipinski definition) is 5. The lowest BCUT2D eigenvalue weighted by Crippen LogP contribution is -2.45. The van der Waals surface area contributed by atoms with E-state index in [1.807, 2.05) is 0 Å². The van der Waals surface area contributed by atoms with Crippen molar-refractivity contribution < 1.29 is 24.5 Å². The molecule has 0 saturated heterocycles. The van der Waals surface area contributed by atoms with Crippen LogP contribution < -0.4 is 5.32 Å². The summed E-state index contributed by atoms with van der Waals surface area (Å²) in [5.41, 5.74) is 0. The number of nitrogens with one attached hydrogen (secondary N) is 1. The number of esters is 1. The van der Waals surface area contributed by atoms with Crippen LogP contribution in [0.2, 0.25) is 0 Å². The first-order chi connectivity index (χ1) is 44.5. The molecule has 0 aromatic heterocycles. The van der Waals surface area contributed by atoms with Crippen molar-refractivity contribution in [2.24, 2.45) is 0 Å². The van der Waals surface area contributed by atoms with E-state index in [-0.39, 0.29) is 18.5 Å². The minimum Gasteiger partial charge on any atom is -0.466 e. The van der Waals surface area contributed by atoms with Gasteiger partial charge < -0.3 is 20.3 Å². The molecule has 2 atom stereocenters. The molecular weight excluding hydrogens is 1100 g/mol. The third kappa shape index (κ3) is 75.4. The minimum absolute atomic E-state index is 0.0196. The Morgan fingerprint density at radius 2 is 0.522 bits per heavy atom. The first-order valence-electron chi connectivity index (χ1n) is 41.6. The Morgan fingerprint density at radius 3 is 0.789 bits per heavy atom. The van der Waals surface area contributed by atoms with Gasteiger partial charge in [0.1, 0.15) is 0 Å². The van der Waals surface area contributed by atoms with Crippen LogP contribution in [0.1, 0.15) is 476 Å². The van der Waals surface area contributed by atoms with E-state index in [4.69, 9.17) is 4.74 Å². The molecular formula is C84H163NO5. The van der Waals surface area contributed by atoms with Gasteiger partial charge in [-0.25, -0.2) is 0 Å². The summed E-state index contributed by atoms with van der Waals surface area (Å²) < 4.78 is 5.52. The molecule has 1 amide bonds. The zero-order valence-corrected chi connectivity index (χ0v) is 61.4. The number of amides is 1. The van der Waals surface area contributed by atoms with Crippen molar-refractivity contribution in [2.75, 3.05) is 13.2 Å². The largest absolute Gasteiger partial charge is 0.466 e. The highest BCUT2D eigenvalue weighted by Gasteiger charge is 2.20. The van der Waals surface area contributed by atoms with E-state index in [9.17, 15) is 19.8 Å². The summed E-state index contributed by atoms with van der Waals surface area (Å²) in [6, 6.07) is -0.539. The maximum absolute atomic E-state index is 12.6. The normalized spacial score (nSPS) is 12.5. The molecule has 0 aliphatic heterocycles. The van der Waals surface area contributed by atoms with E-state index in [1.54, 1.807) is 0 Å². The van der Waals surface area contributed by atoms with Gasteiger partial charge in [0.25, 0.3) is 0 Å². The third-order valence-electron chi connectivity index (χ3n) is 19.7. The lowest BCUT2D eigenvalue weighted by Gasteiger charge is -2.22. The molecule has 0 rings (SSSR count). The SMILES string of the molecule is CCCCCCCCC/C=C\CCCCCCCCCC(=O)OCCCCCCCCCCCCCCCCCC/C=C\CCCCCCCCCCCCCCCCCCCC(=O)NC(CO)C(O)CCCCCCCCCCCCCCCCCCCC. The molecule has 0 fully saturated rings. The lowest BCUT2D eigenvalue weighted by atomic mass is 10.0. The van der Waals surface area contributed by atoms with Gasteiger partial charge in [-0.3, -0.25) is 9.59 Å². The second kappa shape index (κ2) is 79.8. The van der Waals surface area contributed by atoms with Crippen LogP contribution in [0.5, 0.6) is 0 Å². The molecule has 0 aromatic rings. The summed E-state index contributed by atoms with van der Waals surface area (Å²) in [6.45, 7) is 5.00. The van der Waals surface area contributed by atoms with Gasteiger partial charge in [0.15, 0.2) is 0 Å². The second-order valence-corrected chi connectivity index (χ2v) is 28.8. The van der Waals surface area contributed by atoms with Gasteiger partial charge in [-0.2, -0.15) is 0 Å². The molecule has 6 heteroatoms. The number of allylic oxidation sites excluding steroid dienone is 4. The Balaban J connectivity index is 3.32. The molecule has 534 valence electrons. The van der Waals surface area contributed by atoms with Crippen LogP contribution in [0.4, 0.5) is 0 Å². The van der Waals surface area contributed by atoms with E-state index in [1.165, 1.54) is 405 Å². The number of carbonyl (C=O) groups is 2. The molecule has 0 radical (unpaired) electrons. The van der Waals surface area contributed by atoms with E-state index in [2.05, 4.69) is 43.5 Å². The van der Waals surface area contributed by atoms with Crippen LogP contribution in [0.3, 0.4) is 0 Å². The van der Waals surface area contributed by atoms with Gasteiger partial charge >= 0.3 is 5.97 Å². The van der Waals surface area contributed by atoms with Crippen molar-refractivity contribution in [3.05, 3.63) is 24.3 Å². The maximum Gasteiger partial charge on any atom is 0.305 e. The fourth-order valence-electron chi connectivity index (χ4n) is 13.4. The fourth-order valence-corrected chi connectivity index (χ4v) is 13.4. The third-order valence-corrected chi connectivity index (χ3v) is 19.7. The Morgan fingerprint density at radius 1 is 0.300 bits per heavy atom. The average molecular weight is 1270 g/mol. The molecule has 0 spiro atoms. The molecule has 0 saturated carbocycles. The van der Waals surface area contributed by atoms with Crippen molar-refractivity contribution in [3.8, 4) is 0 Å².